The highest BCUT2D eigenvalue weighted by Crippen LogP contribution is 2.28. The number of hydrogen-bond donors (Lipinski definition) is 1. The topological polar surface area (TPSA) is 40.5 Å². The van der Waals surface area contributed by atoms with Gasteiger partial charge in [-0.15, -0.1) is 0 Å². The maximum Gasteiger partial charge on any atom is 0.0910 e. The molecular formula is C9H19NO2S. The van der Waals surface area contributed by atoms with Crippen molar-refractivity contribution in [3.05, 3.63) is 0 Å². The van der Waals surface area contributed by atoms with Crippen molar-refractivity contribution in [1.82, 2.24) is 4.31 Å². The van der Waals surface area contributed by atoms with E-state index in [9.17, 15) is 9.32 Å². The SMILES string of the molecule is CS(=O)N1CCC(O)CC(C)(C)C1. The molecule has 1 rings (SSSR count). The fourth-order valence-electron chi connectivity index (χ4n) is 1.87. The first-order valence-corrected chi connectivity index (χ1v) is 6.19. The molecule has 1 heterocycles. The predicted molar refractivity (Wildman–Crippen MR) is 54.7 cm³/mol. The summed E-state index contributed by atoms with van der Waals surface area (Å²) in [5.41, 5.74) is 0.0710. The van der Waals surface area contributed by atoms with E-state index in [1.165, 1.54) is 0 Å². The van der Waals surface area contributed by atoms with Gasteiger partial charge in [0.05, 0.1) is 17.1 Å². The van der Waals surface area contributed by atoms with Crippen LogP contribution in [0.3, 0.4) is 0 Å². The summed E-state index contributed by atoms with van der Waals surface area (Å²) in [6.45, 7) is 5.78. The van der Waals surface area contributed by atoms with Crippen molar-refractivity contribution in [1.29, 1.82) is 0 Å². The number of hydrogen-bond acceptors (Lipinski definition) is 2. The Hall–Kier alpha value is 0.0700. The van der Waals surface area contributed by atoms with Gasteiger partial charge < -0.3 is 5.11 Å². The Balaban J connectivity index is 2.67. The first kappa shape index (κ1) is 11.1. The zero-order valence-electron chi connectivity index (χ0n) is 8.62. The highest BCUT2D eigenvalue weighted by Gasteiger charge is 2.30. The van der Waals surface area contributed by atoms with Gasteiger partial charge in [0.15, 0.2) is 0 Å². The Bertz CT molecular complexity index is 206. The van der Waals surface area contributed by atoms with E-state index in [-0.39, 0.29) is 11.5 Å². The van der Waals surface area contributed by atoms with E-state index in [1.54, 1.807) is 6.26 Å². The van der Waals surface area contributed by atoms with Gasteiger partial charge in [0.1, 0.15) is 0 Å². The molecule has 0 spiro atoms. The molecule has 1 fully saturated rings. The summed E-state index contributed by atoms with van der Waals surface area (Å²) in [5.74, 6) is 0. The number of aliphatic hydroxyl groups is 1. The third-order valence-corrected chi connectivity index (χ3v) is 3.51. The Morgan fingerprint density at radius 1 is 1.54 bits per heavy atom. The van der Waals surface area contributed by atoms with Crippen molar-refractivity contribution < 1.29 is 9.32 Å². The number of aliphatic hydroxyl groups excluding tert-OH is 1. The minimum absolute atomic E-state index is 0.0710. The number of nitrogens with zero attached hydrogens (tertiary/aromatic N) is 1. The molecule has 1 aliphatic rings. The van der Waals surface area contributed by atoms with Gasteiger partial charge in [-0.2, -0.15) is 0 Å². The Morgan fingerprint density at radius 2 is 2.15 bits per heavy atom. The Morgan fingerprint density at radius 3 is 2.69 bits per heavy atom. The summed E-state index contributed by atoms with van der Waals surface area (Å²) >= 11 is 0. The smallest absolute Gasteiger partial charge is 0.0910 e. The minimum atomic E-state index is -0.902. The summed E-state index contributed by atoms with van der Waals surface area (Å²) in [5, 5.41) is 9.60. The summed E-state index contributed by atoms with van der Waals surface area (Å²) in [6.07, 6.45) is 3.01. The second kappa shape index (κ2) is 4.07. The second-order valence-corrected chi connectivity index (χ2v) is 5.96. The standard InChI is InChI=1S/C9H19NO2S/c1-9(2)6-8(11)4-5-10(7-9)13(3)12/h8,11H,4-7H2,1-3H3. The lowest BCUT2D eigenvalue weighted by Gasteiger charge is -2.27. The zero-order chi connectivity index (χ0) is 10.1. The van der Waals surface area contributed by atoms with E-state index in [1.807, 2.05) is 4.31 Å². The van der Waals surface area contributed by atoms with Crippen LogP contribution in [0.1, 0.15) is 26.7 Å². The number of rotatable bonds is 1. The van der Waals surface area contributed by atoms with Gasteiger partial charge in [-0.25, -0.2) is 8.51 Å². The molecule has 4 heteroatoms. The van der Waals surface area contributed by atoms with Gasteiger partial charge in [0.25, 0.3) is 0 Å². The lowest BCUT2D eigenvalue weighted by molar-refractivity contribution is 0.123. The maximum absolute atomic E-state index is 11.3. The van der Waals surface area contributed by atoms with Crippen molar-refractivity contribution in [3.63, 3.8) is 0 Å². The molecule has 0 saturated carbocycles. The third kappa shape index (κ3) is 3.37. The third-order valence-electron chi connectivity index (χ3n) is 2.47. The van der Waals surface area contributed by atoms with Crippen molar-refractivity contribution in [2.24, 2.45) is 5.41 Å². The molecule has 0 amide bonds. The molecule has 0 bridgehead atoms. The molecule has 0 aromatic carbocycles. The van der Waals surface area contributed by atoms with Crippen LogP contribution in [0.2, 0.25) is 0 Å². The summed E-state index contributed by atoms with van der Waals surface area (Å²) < 4.78 is 13.2. The molecule has 1 saturated heterocycles. The normalized spacial score (nSPS) is 32.5. The summed E-state index contributed by atoms with van der Waals surface area (Å²) in [6, 6.07) is 0. The average Bonchev–Trinajstić information content (AvgIpc) is 2.07. The summed E-state index contributed by atoms with van der Waals surface area (Å²) in [7, 11) is -0.902. The second-order valence-electron chi connectivity index (χ2n) is 4.60. The van der Waals surface area contributed by atoms with Crippen LogP contribution in [0.15, 0.2) is 0 Å². The Kier molecular flexibility index (Phi) is 3.49. The van der Waals surface area contributed by atoms with Gasteiger partial charge >= 0.3 is 0 Å². The van der Waals surface area contributed by atoms with E-state index in [0.717, 1.165) is 25.9 Å². The molecule has 0 radical (unpaired) electrons. The average molecular weight is 205 g/mol. The molecule has 0 aromatic rings. The molecule has 3 nitrogen and oxygen atoms in total. The molecular weight excluding hydrogens is 186 g/mol. The van der Waals surface area contributed by atoms with Crippen LogP contribution >= 0.6 is 0 Å². The molecule has 0 aromatic heterocycles. The van der Waals surface area contributed by atoms with Crippen LogP contribution in [-0.2, 0) is 11.0 Å². The Labute approximate surface area is 82.7 Å². The van der Waals surface area contributed by atoms with Crippen LogP contribution in [0.5, 0.6) is 0 Å². The van der Waals surface area contributed by atoms with Crippen molar-refractivity contribution in [2.45, 2.75) is 32.8 Å². The van der Waals surface area contributed by atoms with E-state index in [2.05, 4.69) is 13.8 Å². The molecule has 2 unspecified atom stereocenters. The van der Waals surface area contributed by atoms with Gasteiger partial charge in [0.2, 0.25) is 0 Å². The van der Waals surface area contributed by atoms with Gasteiger partial charge in [-0.05, 0) is 18.3 Å². The lowest BCUT2D eigenvalue weighted by atomic mass is 9.87. The van der Waals surface area contributed by atoms with Crippen molar-refractivity contribution in [2.75, 3.05) is 19.3 Å². The van der Waals surface area contributed by atoms with E-state index in [0.29, 0.717) is 0 Å². The highest BCUT2D eigenvalue weighted by atomic mass is 32.2. The predicted octanol–water partition coefficient (Wildman–Crippen LogP) is 0.763. The van der Waals surface area contributed by atoms with Gasteiger partial charge in [-0.3, -0.25) is 0 Å². The molecule has 1 aliphatic heterocycles. The van der Waals surface area contributed by atoms with Crippen LogP contribution in [0, 0.1) is 5.41 Å². The fourth-order valence-corrected chi connectivity index (χ4v) is 2.77. The first-order valence-electron chi connectivity index (χ1n) is 4.67. The fraction of sp³-hybridized carbons (Fsp3) is 1.00. The minimum Gasteiger partial charge on any atom is -0.393 e. The van der Waals surface area contributed by atoms with Crippen LogP contribution in [0.4, 0.5) is 0 Å². The van der Waals surface area contributed by atoms with E-state index < -0.39 is 11.0 Å². The van der Waals surface area contributed by atoms with Gasteiger partial charge in [-0.1, -0.05) is 13.8 Å². The quantitative estimate of drug-likeness (QED) is 0.686. The first-order chi connectivity index (χ1) is 5.91. The van der Waals surface area contributed by atoms with Crippen LogP contribution in [-0.4, -0.2) is 39.1 Å². The maximum atomic E-state index is 11.3. The molecule has 0 aliphatic carbocycles. The summed E-state index contributed by atoms with van der Waals surface area (Å²) in [4.78, 5) is 0. The monoisotopic (exact) mass is 205 g/mol. The van der Waals surface area contributed by atoms with E-state index in [4.69, 9.17) is 0 Å². The van der Waals surface area contributed by atoms with Crippen LogP contribution in [0.25, 0.3) is 0 Å². The largest absolute Gasteiger partial charge is 0.393 e. The molecule has 1 N–H and O–H groups in total. The van der Waals surface area contributed by atoms with Crippen molar-refractivity contribution >= 4 is 11.0 Å². The lowest BCUT2D eigenvalue weighted by Crippen LogP contribution is -2.33. The molecule has 13 heavy (non-hydrogen) atoms. The highest BCUT2D eigenvalue weighted by molar-refractivity contribution is 7.81. The van der Waals surface area contributed by atoms with Crippen LogP contribution < -0.4 is 0 Å². The molecule has 2 atom stereocenters. The van der Waals surface area contributed by atoms with E-state index >= 15 is 0 Å². The molecule has 78 valence electrons. The van der Waals surface area contributed by atoms with Crippen molar-refractivity contribution in [3.8, 4) is 0 Å². The zero-order valence-corrected chi connectivity index (χ0v) is 9.43. The van der Waals surface area contributed by atoms with Gasteiger partial charge in [0, 0.05) is 19.3 Å².